The van der Waals surface area contributed by atoms with Crippen LogP contribution >= 0.6 is 27.3 Å². The first-order valence-corrected chi connectivity index (χ1v) is 8.95. The minimum atomic E-state index is -0.409. The SMILES string of the molecule is COC(=O)Cn1c(=NC(=O)c2c(C)cnn2C)sc2cc(Br)ccc21. The van der Waals surface area contributed by atoms with Crippen molar-refractivity contribution in [1.29, 1.82) is 0 Å². The summed E-state index contributed by atoms with van der Waals surface area (Å²) in [4.78, 5) is 29.1. The molecule has 0 unspecified atom stereocenters. The third-order valence-corrected chi connectivity index (χ3v) is 5.22. The molecule has 9 heteroatoms. The molecule has 0 radical (unpaired) electrons. The van der Waals surface area contributed by atoms with E-state index >= 15 is 0 Å². The van der Waals surface area contributed by atoms with Gasteiger partial charge in [0.2, 0.25) is 0 Å². The Bertz CT molecular complexity index is 1030. The highest BCUT2D eigenvalue weighted by Crippen LogP contribution is 2.22. The van der Waals surface area contributed by atoms with Crippen molar-refractivity contribution in [3.8, 4) is 0 Å². The summed E-state index contributed by atoms with van der Waals surface area (Å²) in [6.07, 6.45) is 1.62. The second kappa shape index (κ2) is 6.93. The highest BCUT2D eigenvalue weighted by Gasteiger charge is 2.16. The van der Waals surface area contributed by atoms with E-state index in [0.717, 1.165) is 20.3 Å². The molecule has 0 saturated heterocycles. The van der Waals surface area contributed by atoms with E-state index in [0.29, 0.717) is 10.5 Å². The van der Waals surface area contributed by atoms with E-state index in [1.165, 1.54) is 23.1 Å². The van der Waals surface area contributed by atoms with Gasteiger partial charge in [0.15, 0.2) is 4.80 Å². The van der Waals surface area contributed by atoms with E-state index in [-0.39, 0.29) is 6.54 Å². The van der Waals surface area contributed by atoms with Gasteiger partial charge >= 0.3 is 5.97 Å². The van der Waals surface area contributed by atoms with Crippen molar-refractivity contribution in [2.24, 2.45) is 12.0 Å². The van der Waals surface area contributed by atoms with Crippen LogP contribution in [-0.4, -0.2) is 33.3 Å². The van der Waals surface area contributed by atoms with Crippen LogP contribution in [0.1, 0.15) is 16.1 Å². The maximum atomic E-state index is 12.6. The van der Waals surface area contributed by atoms with E-state index in [2.05, 4.69) is 26.0 Å². The molecule has 2 aromatic heterocycles. The molecule has 0 aliphatic rings. The van der Waals surface area contributed by atoms with Crippen molar-refractivity contribution in [2.45, 2.75) is 13.5 Å². The first-order chi connectivity index (χ1) is 11.9. The number of hydrogen-bond donors (Lipinski definition) is 0. The minimum Gasteiger partial charge on any atom is -0.468 e. The van der Waals surface area contributed by atoms with Crippen LogP contribution in [0.25, 0.3) is 10.2 Å². The Morgan fingerprint density at radius 3 is 2.80 bits per heavy atom. The zero-order chi connectivity index (χ0) is 18.1. The van der Waals surface area contributed by atoms with Crippen LogP contribution < -0.4 is 4.80 Å². The number of amides is 1. The van der Waals surface area contributed by atoms with Gasteiger partial charge in [-0.05, 0) is 25.1 Å². The van der Waals surface area contributed by atoms with Crippen molar-refractivity contribution in [3.63, 3.8) is 0 Å². The van der Waals surface area contributed by atoms with E-state index in [1.807, 2.05) is 18.2 Å². The predicted octanol–water partition coefficient (Wildman–Crippen LogP) is 2.42. The van der Waals surface area contributed by atoms with Crippen LogP contribution in [-0.2, 0) is 23.1 Å². The number of carbonyl (C=O) groups excluding carboxylic acids is 2. The van der Waals surface area contributed by atoms with Crippen molar-refractivity contribution in [3.05, 3.63) is 44.9 Å². The molecule has 0 spiro atoms. The van der Waals surface area contributed by atoms with Gasteiger partial charge in [-0.3, -0.25) is 14.3 Å². The van der Waals surface area contributed by atoms with Crippen LogP contribution in [0.3, 0.4) is 0 Å². The Morgan fingerprint density at radius 2 is 2.16 bits per heavy atom. The first-order valence-electron chi connectivity index (χ1n) is 7.34. The Hall–Kier alpha value is -2.26. The van der Waals surface area contributed by atoms with Crippen LogP contribution in [0, 0.1) is 6.92 Å². The summed E-state index contributed by atoms with van der Waals surface area (Å²) in [5.41, 5.74) is 1.98. The predicted molar refractivity (Wildman–Crippen MR) is 97.4 cm³/mol. The summed E-state index contributed by atoms with van der Waals surface area (Å²) >= 11 is 4.76. The Labute approximate surface area is 155 Å². The van der Waals surface area contributed by atoms with Crippen LogP contribution in [0.15, 0.2) is 33.9 Å². The Morgan fingerprint density at radius 1 is 1.40 bits per heavy atom. The van der Waals surface area contributed by atoms with Gasteiger partial charge in [0.25, 0.3) is 5.91 Å². The monoisotopic (exact) mass is 422 g/mol. The number of hydrogen-bond acceptors (Lipinski definition) is 5. The molecule has 25 heavy (non-hydrogen) atoms. The summed E-state index contributed by atoms with van der Waals surface area (Å²) in [6, 6.07) is 5.67. The molecule has 3 rings (SSSR count). The number of aromatic nitrogens is 3. The fourth-order valence-corrected chi connectivity index (χ4v) is 4.05. The quantitative estimate of drug-likeness (QED) is 0.607. The van der Waals surface area contributed by atoms with Gasteiger partial charge in [-0.25, -0.2) is 0 Å². The molecular formula is C16H15BrN4O3S. The minimum absolute atomic E-state index is 0.0192. The van der Waals surface area contributed by atoms with Crippen molar-refractivity contribution >= 4 is 49.4 Å². The van der Waals surface area contributed by atoms with Crippen molar-refractivity contribution in [2.75, 3.05) is 7.11 Å². The normalized spacial score (nSPS) is 11.9. The molecule has 3 aromatic rings. The maximum Gasteiger partial charge on any atom is 0.325 e. The number of aryl methyl sites for hydroxylation is 2. The molecule has 130 valence electrons. The topological polar surface area (TPSA) is 78.5 Å². The molecule has 0 N–H and O–H groups in total. The zero-order valence-electron chi connectivity index (χ0n) is 13.8. The highest BCUT2D eigenvalue weighted by molar-refractivity contribution is 9.10. The molecule has 0 aliphatic carbocycles. The summed E-state index contributed by atoms with van der Waals surface area (Å²) in [7, 11) is 3.02. The maximum absolute atomic E-state index is 12.6. The molecule has 0 atom stereocenters. The van der Waals surface area contributed by atoms with Crippen LogP contribution in [0.4, 0.5) is 0 Å². The van der Waals surface area contributed by atoms with E-state index in [4.69, 9.17) is 4.74 Å². The summed E-state index contributed by atoms with van der Waals surface area (Å²) in [6.45, 7) is 1.79. The van der Waals surface area contributed by atoms with Gasteiger partial charge in [-0.15, -0.1) is 0 Å². The number of rotatable bonds is 3. The number of halogens is 1. The number of thiazole rings is 1. The molecular weight excluding hydrogens is 408 g/mol. The molecule has 7 nitrogen and oxygen atoms in total. The lowest BCUT2D eigenvalue weighted by Crippen LogP contribution is -2.23. The lowest BCUT2D eigenvalue weighted by molar-refractivity contribution is -0.141. The second-order valence-corrected chi connectivity index (χ2v) is 7.30. The molecule has 0 aliphatic heterocycles. The third kappa shape index (κ3) is 3.42. The summed E-state index contributed by atoms with van der Waals surface area (Å²) in [5.74, 6) is -0.810. The number of methoxy groups -OCH3 is 1. The molecule has 0 bridgehead atoms. The second-order valence-electron chi connectivity index (χ2n) is 5.38. The molecule has 0 saturated carbocycles. The van der Waals surface area contributed by atoms with Crippen molar-refractivity contribution < 1.29 is 14.3 Å². The van der Waals surface area contributed by atoms with Gasteiger partial charge in [0.1, 0.15) is 12.2 Å². The number of esters is 1. The van der Waals surface area contributed by atoms with Gasteiger partial charge in [0.05, 0.1) is 23.5 Å². The average Bonchev–Trinajstić information content (AvgIpc) is 3.07. The molecule has 1 aromatic carbocycles. The van der Waals surface area contributed by atoms with Gasteiger partial charge in [-0.1, -0.05) is 27.3 Å². The zero-order valence-corrected chi connectivity index (χ0v) is 16.2. The first kappa shape index (κ1) is 17.6. The summed E-state index contributed by atoms with van der Waals surface area (Å²) < 4.78 is 9.76. The van der Waals surface area contributed by atoms with Crippen LogP contribution in [0.2, 0.25) is 0 Å². The highest BCUT2D eigenvalue weighted by atomic mass is 79.9. The number of ether oxygens (including phenoxy) is 1. The van der Waals surface area contributed by atoms with Crippen molar-refractivity contribution in [1.82, 2.24) is 14.3 Å². The molecule has 2 heterocycles. The number of nitrogens with zero attached hydrogens (tertiary/aromatic N) is 4. The fraction of sp³-hybridized carbons (Fsp3) is 0.250. The number of fused-ring (bicyclic) bond motifs is 1. The van der Waals surface area contributed by atoms with Gasteiger partial charge in [0, 0.05) is 17.1 Å². The third-order valence-electron chi connectivity index (χ3n) is 3.68. The Balaban J connectivity index is 2.18. The standard InChI is InChI=1S/C16H15BrN4O3S/c1-9-7-18-20(2)14(9)15(23)19-16-21(8-13(22)24-3)11-5-4-10(17)6-12(11)25-16/h4-7H,8H2,1-3H3. The van der Waals surface area contributed by atoms with Crippen LogP contribution in [0.5, 0.6) is 0 Å². The largest absolute Gasteiger partial charge is 0.468 e. The molecule has 1 amide bonds. The number of carbonyl (C=O) groups is 2. The fourth-order valence-electron chi connectivity index (χ4n) is 2.47. The Kier molecular flexibility index (Phi) is 4.87. The smallest absolute Gasteiger partial charge is 0.325 e. The summed E-state index contributed by atoms with van der Waals surface area (Å²) in [5, 5.41) is 4.07. The lowest BCUT2D eigenvalue weighted by atomic mass is 10.3. The van der Waals surface area contributed by atoms with E-state index < -0.39 is 11.9 Å². The van der Waals surface area contributed by atoms with E-state index in [1.54, 1.807) is 24.7 Å². The lowest BCUT2D eigenvalue weighted by Gasteiger charge is -2.04. The van der Waals surface area contributed by atoms with E-state index in [9.17, 15) is 9.59 Å². The van der Waals surface area contributed by atoms with Gasteiger partial charge < -0.3 is 9.30 Å². The average molecular weight is 423 g/mol. The number of benzene rings is 1. The van der Waals surface area contributed by atoms with Gasteiger partial charge in [-0.2, -0.15) is 10.1 Å². The molecule has 0 fully saturated rings.